The first-order chi connectivity index (χ1) is 15.4. The molecule has 1 aliphatic heterocycles. The van der Waals surface area contributed by atoms with Crippen LogP contribution in [0, 0.1) is 0 Å². The third kappa shape index (κ3) is 5.62. The highest BCUT2D eigenvalue weighted by atomic mass is 35.5. The van der Waals surface area contributed by atoms with Gasteiger partial charge in [0, 0.05) is 5.02 Å². The summed E-state index contributed by atoms with van der Waals surface area (Å²) in [6.07, 6.45) is 0.0207. The Morgan fingerprint density at radius 3 is 2.15 bits per heavy atom. The smallest absolute Gasteiger partial charge is 0.325 e. The number of sulfone groups is 1. The van der Waals surface area contributed by atoms with Crippen molar-refractivity contribution in [1.82, 2.24) is 15.3 Å². The van der Waals surface area contributed by atoms with Gasteiger partial charge in [0.1, 0.15) is 17.0 Å². The summed E-state index contributed by atoms with van der Waals surface area (Å²) in [4.78, 5) is 36.3. The van der Waals surface area contributed by atoms with Crippen molar-refractivity contribution >= 4 is 39.8 Å². The summed E-state index contributed by atoms with van der Waals surface area (Å²) in [7, 11) is -4.02. The molecule has 0 bridgehead atoms. The number of rotatable bonds is 9. The number of carbonyl (C=O) groups is 3. The zero-order valence-corrected chi connectivity index (χ0v) is 19.3. The Morgan fingerprint density at radius 1 is 1.12 bits per heavy atom. The molecular formula is C21H22ClN3O7S. The number of halogens is 1. The van der Waals surface area contributed by atoms with Gasteiger partial charge in [0.05, 0.1) is 23.2 Å². The molecule has 0 aliphatic carbocycles. The van der Waals surface area contributed by atoms with Crippen LogP contribution in [0.2, 0.25) is 5.02 Å². The van der Waals surface area contributed by atoms with Crippen molar-refractivity contribution in [2.75, 3.05) is 12.3 Å². The maximum atomic E-state index is 12.9. The van der Waals surface area contributed by atoms with Gasteiger partial charge in [-0.2, -0.15) is 0 Å². The van der Waals surface area contributed by atoms with Gasteiger partial charge in [-0.3, -0.25) is 19.7 Å². The van der Waals surface area contributed by atoms with Crippen molar-refractivity contribution < 1.29 is 32.7 Å². The highest BCUT2D eigenvalue weighted by molar-refractivity contribution is 7.91. The average Bonchev–Trinajstić information content (AvgIpc) is 2.96. The summed E-state index contributed by atoms with van der Waals surface area (Å²) in [5.41, 5.74) is -1.18. The Hall–Kier alpha value is -3.15. The van der Waals surface area contributed by atoms with Crippen molar-refractivity contribution in [2.45, 2.75) is 30.3 Å². The highest BCUT2D eigenvalue weighted by Crippen LogP contribution is 2.25. The monoisotopic (exact) mass is 495 g/mol. The van der Waals surface area contributed by atoms with Gasteiger partial charge in [-0.1, -0.05) is 11.6 Å². The Labute approximate surface area is 195 Å². The van der Waals surface area contributed by atoms with Crippen LogP contribution < -0.4 is 10.1 Å². The quantitative estimate of drug-likeness (QED) is 0.236. The minimum absolute atomic E-state index is 0.0207. The molecule has 1 atom stereocenters. The number of hydrogen-bond acceptors (Lipinski definition) is 7. The number of hydrogen-bond donors (Lipinski definition) is 2. The van der Waals surface area contributed by atoms with E-state index in [2.05, 4.69) is 5.32 Å². The molecule has 0 radical (unpaired) electrons. The topological polar surface area (TPSA) is 133 Å². The summed E-state index contributed by atoms with van der Waals surface area (Å²) in [5, 5.41) is 13.1. The standard InChI is InChI=1S/C21H22ClN3O7S/c1-21(2)19(27)24(20(28)23-21)11-15(25(29)13-26)12-33(30,31)18-9-7-17(8-10-18)32-16-5-3-14(22)4-6-16/h3-10,13,15,29H,11-12H2,1-2H3,(H,23,28)/t15-/m0/s1. The number of imide groups is 1. The number of nitrogens with zero attached hydrogens (tertiary/aromatic N) is 2. The van der Waals surface area contributed by atoms with Gasteiger partial charge in [0.25, 0.3) is 5.91 Å². The second kappa shape index (κ2) is 9.38. The van der Waals surface area contributed by atoms with E-state index in [1.165, 1.54) is 38.1 Å². The molecule has 4 amide bonds. The number of ether oxygens (including phenoxy) is 1. The molecule has 2 aromatic carbocycles. The van der Waals surface area contributed by atoms with Gasteiger partial charge in [0.2, 0.25) is 6.41 Å². The van der Waals surface area contributed by atoms with Gasteiger partial charge < -0.3 is 10.1 Å². The van der Waals surface area contributed by atoms with E-state index in [4.69, 9.17) is 16.3 Å². The minimum atomic E-state index is -4.02. The van der Waals surface area contributed by atoms with Crippen molar-refractivity contribution in [3.63, 3.8) is 0 Å². The molecule has 1 aliphatic rings. The number of nitrogens with one attached hydrogen (secondary N) is 1. The molecule has 1 saturated heterocycles. The summed E-state index contributed by atoms with van der Waals surface area (Å²) in [6.45, 7) is 2.48. The number of urea groups is 1. The van der Waals surface area contributed by atoms with E-state index in [1.807, 2.05) is 0 Å². The molecular weight excluding hydrogens is 474 g/mol. The van der Waals surface area contributed by atoms with Crippen LogP contribution in [0.15, 0.2) is 53.4 Å². The van der Waals surface area contributed by atoms with Gasteiger partial charge in [-0.05, 0) is 62.4 Å². The lowest BCUT2D eigenvalue weighted by molar-refractivity contribution is -0.160. The van der Waals surface area contributed by atoms with Crippen molar-refractivity contribution in [2.24, 2.45) is 0 Å². The fourth-order valence-corrected chi connectivity index (χ4v) is 4.83. The summed E-state index contributed by atoms with van der Waals surface area (Å²) < 4.78 is 31.5. The van der Waals surface area contributed by atoms with Gasteiger partial charge in [-0.25, -0.2) is 18.3 Å². The van der Waals surface area contributed by atoms with E-state index in [-0.39, 0.29) is 16.4 Å². The number of amides is 4. The minimum Gasteiger partial charge on any atom is -0.457 e. The lowest BCUT2D eigenvalue weighted by atomic mass is 10.1. The van der Waals surface area contributed by atoms with Crippen LogP contribution >= 0.6 is 11.6 Å². The number of benzene rings is 2. The first-order valence-electron chi connectivity index (χ1n) is 9.76. The van der Waals surface area contributed by atoms with Crippen molar-refractivity contribution in [1.29, 1.82) is 0 Å². The molecule has 0 spiro atoms. The van der Waals surface area contributed by atoms with Crippen LogP contribution in [0.25, 0.3) is 0 Å². The predicted molar refractivity (Wildman–Crippen MR) is 118 cm³/mol. The maximum Gasteiger partial charge on any atom is 0.325 e. The lowest BCUT2D eigenvalue weighted by Gasteiger charge is -2.26. The van der Waals surface area contributed by atoms with E-state index in [0.29, 0.717) is 16.5 Å². The third-order valence-electron chi connectivity index (χ3n) is 4.96. The van der Waals surface area contributed by atoms with E-state index in [0.717, 1.165) is 4.90 Å². The Bertz CT molecular complexity index is 1150. The van der Waals surface area contributed by atoms with E-state index >= 15 is 0 Å². The summed E-state index contributed by atoms with van der Waals surface area (Å²) in [6, 6.07) is 10.0. The fourth-order valence-electron chi connectivity index (χ4n) is 3.20. The second-order valence-electron chi connectivity index (χ2n) is 7.92. The first kappa shape index (κ1) is 24.5. The Morgan fingerprint density at radius 2 is 1.67 bits per heavy atom. The predicted octanol–water partition coefficient (Wildman–Crippen LogP) is 2.45. The molecule has 2 aromatic rings. The molecule has 1 fully saturated rings. The van der Waals surface area contributed by atoms with E-state index in [1.54, 1.807) is 24.3 Å². The molecule has 0 unspecified atom stereocenters. The molecule has 0 aromatic heterocycles. The van der Waals surface area contributed by atoms with Crippen LogP contribution in [-0.2, 0) is 19.4 Å². The first-order valence-corrected chi connectivity index (χ1v) is 11.8. The summed E-state index contributed by atoms with van der Waals surface area (Å²) in [5.74, 6) is -0.436. The van der Waals surface area contributed by atoms with Crippen molar-refractivity contribution in [3.05, 3.63) is 53.6 Å². The van der Waals surface area contributed by atoms with Crippen LogP contribution in [0.3, 0.4) is 0 Å². The zero-order chi connectivity index (χ0) is 24.4. The van der Waals surface area contributed by atoms with Crippen LogP contribution in [-0.4, -0.2) is 65.8 Å². The SMILES string of the molecule is CC1(C)NC(=O)N(C[C@@H](CS(=O)(=O)c2ccc(Oc3ccc(Cl)cc3)cc2)N(O)C=O)C1=O. The molecule has 0 saturated carbocycles. The van der Waals surface area contributed by atoms with Crippen molar-refractivity contribution in [3.8, 4) is 11.5 Å². The normalized spacial score (nSPS) is 16.3. The second-order valence-corrected chi connectivity index (χ2v) is 10.4. The van der Waals surface area contributed by atoms with Crippen LogP contribution in [0.4, 0.5) is 4.79 Å². The molecule has 176 valence electrons. The molecule has 2 N–H and O–H groups in total. The average molecular weight is 496 g/mol. The van der Waals surface area contributed by atoms with Gasteiger partial charge >= 0.3 is 6.03 Å². The Kier molecular flexibility index (Phi) is 6.96. The van der Waals surface area contributed by atoms with E-state index in [9.17, 15) is 28.0 Å². The zero-order valence-electron chi connectivity index (χ0n) is 17.8. The molecule has 33 heavy (non-hydrogen) atoms. The third-order valence-corrected chi connectivity index (χ3v) is 7.03. The Balaban J connectivity index is 1.75. The van der Waals surface area contributed by atoms with Crippen LogP contribution in [0.5, 0.6) is 11.5 Å². The number of carbonyl (C=O) groups excluding carboxylic acids is 3. The highest BCUT2D eigenvalue weighted by Gasteiger charge is 2.45. The number of hydroxylamine groups is 2. The fraction of sp³-hybridized carbons (Fsp3) is 0.286. The molecule has 10 nitrogen and oxygen atoms in total. The van der Waals surface area contributed by atoms with Crippen LogP contribution in [0.1, 0.15) is 13.8 Å². The summed E-state index contributed by atoms with van der Waals surface area (Å²) >= 11 is 5.83. The molecule has 1 heterocycles. The van der Waals surface area contributed by atoms with Gasteiger partial charge in [-0.15, -0.1) is 0 Å². The molecule has 3 rings (SSSR count). The maximum absolute atomic E-state index is 12.9. The van der Waals surface area contributed by atoms with E-state index < -0.39 is 45.7 Å². The molecule has 12 heteroatoms. The van der Waals surface area contributed by atoms with Gasteiger partial charge in [0.15, 0.2) is 9.84 Å². The largest absolute Gasteiger partial charge is 0.457 e. The lowest BCUT2D eigenvalue weighted by Crippen LogP contribution is -2.48.